The Kier molecular flexibility index (Phi) is 6.61. The number of unbranched alkanes of at least 4 members (excludes halogenated alkanes) is 1. The largest absolute Gasteiger partial charge is 0.494 e. The third-order valence-corrected chi connectivity index (χ3v) is 4.30. The Morgan fingerprint density at radius 3 is 2.76 bits per heavy atom. The molecule has 1 aliphatic rings. The molecule has 1 aromatic rings. The van der Waals surface area contributed by atoms with Crippen molar-refractivity contribution in [1.29, 1.82) is 0 Å². The summed E-state index contributed by atoms with van der Waals surface area (Å²) in [5.74, 6) is -0.222. The molecule has 1 heterocycles. The summed E-state index contributed by atoms with van der Waals surface area (Å²) >= 11 is 0. The standard InChI is InChI=1S/C18H26FN3O3/c1-4-6-7-16-17(23)21(3)10-11-22(16)18(24)20-15-9-8-13(25-5-2)12-14(15)19/h8-9,12,16H,4-7,10-11H2,1-3H3,(H,20,24)/t16-/m1/s1. The summed E-state index contributed by atoms with van der Waals surface area (Å²) in [5.41, 5.74) is 0.0778. The fourth-order valence-corrected chi connectivity index (χ4v) is 2.87. The molecule has 1 atom stereocenters. The number of nitrogens with zero attached hydrogens (tertiary/aromatic N) is 2. The third-order valence-electron chi connectivity index (χ3n) is 4.30. The van der Waals surface area contributed by atoms with Crippen LogP contribution in [0, 0.1) is 5.82 Å². The Bertz CT molecular complexity index is 624. The van der Waals surface area contributed by atoms with E-state index in [1.54, 1.807) is 18.0 Å². The molecule has 0 radical (unpaired) electrons. The molecule has 1 aliphatic heterocycles. The molecule has 0 bridgehead atoms. The first-order valence-corrected chi connectivity index (χ1v) is 8.72. The third kappa shape index (κ3) is 4.61. The Morgan fingerprint density at radius 1 is 1.36 bits per heavy atom. The van der Waals surface area contributed by atoms with E-state index in [2.05, 4.69) is 5.32 Å². The second-order valence-corrected chi connectivity index (χ2v) is 6.12. The summed E-state index contributed by atoms with van der Waals surface area (Å²) in [5, 5.41) is 2.58. The average Bonchev–Trinajstić information content (AvgIpc) is 2.58. The van der Waals surface area contributed by atoms with E-state index in [4.69, 9.17) is 4.74 Å². The van der Waals surface area contributed by atoms with Gasteiger partial charge in [0.15, 0.2) is 0 Å². The van der Waals surface area contributed by atoms with Crippen LogP contribution in [0.5, 0.6) is 5.75 Å². The Morgan fingerprint density at radius 2 is 2.12 bits per heavy atom. The van der Waals surface area contributed by atoms with Gasteiger partial charge in [-0.2, -0.15) is 0 Å². The number of amides is 3. The van der Waals surface area contributed by atoms with Gasteiger partial charge in [0.05, 0.1) is 12.3 Å². The molecule has 6 nitrogen and oxygen atoms in total. The molecule has 25 heavy (non-hydrogen) atoms. The first kappa shape index (κ1) is 19.0. The minimum Gasteiger partial charge on any atom is -0.494 e. The summed E-state index contributed by atoms with van der Waals surface area (Å²) < 4.78 is 19.4. The van der Waals surface area contributed by atoms with Crippen LogP contribution in [-0.4, -0.2) is 54.5 Å². The summed E-state index contributed by atoms with van der Waals surface area (Å²) in [6.07, 6.45) is 2.40. The van der Waals surface area contributed by atoms with Crippen molar-refractivity contribution in [1.82, 2.24) is 9.80 Å². The zero-order valence-electron chi connectivity index (χ0n) is 15.0. The average molecular weight is 351 g/mol. The van der Waals surface area contributed by atoms with Crippen LogP contribution >= 0.6 is 0 Å². The summed E-state index contributed by atoms with van der Waals surface area (Å²) in [4.78, 5) is 28.1. The number of likely N-dealkylation sites (N-methyl/N-ethyl adjacent to an activating group) is 1. The highest BCUT2D eigenvalue weighted by molar-refractivity contribution is 5.94. The van der Waals surface area contributed by atoms with Gasteiger partial charge in [-0.3, -0.25) is 4.79 Å². The van der Waals surface area contributed by atoms with Crippen LogP contribution in [0.3, 0.4) is 0 Å². The summed E-state index contributed by atoms with van der Waals surface area (Å²) in [7, 11) is 1.74. The number of carbonyl (C=O) groups is 2. The van der Waals surface area contributed by atoms with Gasteiger partial charge in [-0.25, -0.2) is 9.18 Å². The van der Waals surface area contributed by atoms with E-state index in [9.17, 15) is 14.0 Å². The summed E-state index contributed by atoms with van der Waals surface area (Å²) in [6, 6.07) is 3.36. The molecule has 0 saturated carbocycles. The molecule has 1 aromatic carbocycles. The maximum Gasteiger partial charge on any atom is 0.322 e. The molecule has 2 rings (SSSR count). The van der Waals surface area contributed by atoms with Gasteiger partial charge < -0.3 is 19.9 Å². The van der Waals surface area contributed by atoms with Crippen molar-refractivity contribution < 1.29 is 18.7 Å². The Hall–Kier alpha value is -2.31. The molecule has 1 N–H and O–H groups in total. The van der Waals surface area contributed by atoms with Gasteiger partial charge in [0.1, 0.15) is 17.6 Å². The minimum absolute atomic E-state index is 0.0676. The van der Waals surface area contributed by atoms with E-state index >= 15 is 0 Å². The van der Waals surface area contributed by atoms with Crippen LogP contribution in [0.1, 0.15) is 33.1 Å². The van der Waals surface area contributed by atoms with Crippen LogP contribution in [-0.2, 0) is 4.79 Å². The van der Waals surface area contributed by atoms with Crippen LogP contribution in [0.25, 0.3) is 0 Å². The Balaban J connectivity index is 2.11. The van der Waals surface area contributed by atoms with Gasteiger partial charge in [-0.15, -0.1) is 0 Å². The van der Waals surface area contributed by atoms with Gasteiger partial charge in [0, 0.05) is 26.2 Å². The lowest BCUT2D eigenvalue weighted by molar-refractivity contribution is -0.138. The number of urea groups is 1. The molecular formula is C18H26FN3O3. The lowest BCUT2D eigenvalue weighted by Gasteiger charge is -2.39. The second-order valence-electron chi connectivity index (χ2n) is 6.12. The number of halogens is 1. The van der Waals surface area contributed by atoms with E-state index in [0.717, 1.165) is 12.8 Å². The van der Waals surface area contributed by atoms with Gasteiger partial charge in [-0.05, 0) is 25.5 Å². The number of hydrogen-bond acceptors (Lipinski definition) is 3. The van der Waals surface area contributed by atoms with Gasteiger partial charge in [-0.1, -0.05) is 19.8 Å². The number of rotatable bonds is 6. The highest BCUT2D eigenvalue weighted by Crippen LogP contribution is 2.23. The fourth-order valence-electron chi connectivity index (χ4n) is 2.87. The van der Waals surface area contributed by atoms with Gasteiger partial charge in [0.25, 0.3) is 0 Å². The maximum atomic E-state index is 14.2. The van der Waals surface area contributed by atoms with Crippen molar-refractivity contribution in [3.8, 4) is 5.75 Å². The molecular weight excluding hydrogens is 325 g/mol. The molecule has 3 amide bonds. The number of nitrogens with one attached hydrogen (secondary N) is 1. The van der Waals surface area contributed by atoms with Crippen LogP contribution in [0.15, 0.2) is 18.2 Å². The number of piperazine rings is 1. The zero-order chi connectivity index (χ0) is 18.4. The van der Waals surface area contributed by atoms with E-state index in [1.807, 2.05) is 13.8 Å². The molecule has 7 heteroatoms. The quantitative estimate of drug-likeness (QED) is 0.857. The SMILES string of the molecule is CCCC[C@@H]1C(=O)N(C)CCN1C(=O)Nc1ccc(OCC)cc1F. The molecule has 0 spiro atoms. The van der Waals surface area contributed by atoms with Crippen LogP contribution in [0.4, 0.5) is 14.9 Å². The fraction of sp³-hybridized carbons (Fsp3) is 0.556. The first-order valence-electron chi connectivity index (χ1n) is 8.72. The minimum atomic E-state index is -0.565. The van der Waals surface area contributed by atoms with Gasteiger partial charge in [0.2, 0.25) is 5.91 Å². The van der Waals surface area contributed by atoms with Crippen LogP contribution < -0.4 is 10.1 Å². The smallest absolute Gasteiger partial charge is 0.322 e. The monoisotopic (exact) mass is 351 g/mol. The molecule has 0 unspecified atom stereocenters. The van der Waals surface area contributed by atoms with E-state index in [-0.39, 0.29) is 11.6 Å². The van der Waals surface area contributed by atoms with Crippen molar-refractivity contribution >= 4 is 17.6 Å². The van der Waals surface area contributed by atoms with Crippen molar-refractivity contribution in [2.24, 2.45) is 0 Å². The first-order chi connectivity index (χ1) is 12.0. The van der Waals surface area contributed by atoms with E-state index < -0.39 is 17.9 Å². The Labute approximate surface area is 147 Å². The topological polar surface area (TPSA) is 61.9 Å². The van der Waals surface area contributed by atoms with Gasteiger partial charge >= 0.3 is 6.03 Å². The molecule has 1 saturated heterocycles. The van der Waals surface area contributed by atoms with E-state index in [0.29, 0.717) is 31.9 Å². The highest BCUT2D eigenvalue weighted by atomic mass is 19.1. The molecule has 138 valence electrons. The van der Waals surface area contributed by atoms with Crippen molar-refractivity contribution in [2.45, 2.75) is 39.2 Å². The molecule has 0 aromatic heterocycles. The number of anilines is 1. The maximum absolute atomic E-state index is 14.2. The van der Waals surface area contributed by atoms with Crippen LogP contribution in [0.2, 0.25) is 0 Å². The predicted octanol–water partition coefficient (Wildman–Crippen LogP) is 3.09. The lowest BCUT2D eigenvalue weighted by Crippen LogP contribution is -2.58. The van der Waals surface area contributed by atoms with Crippen molar-refractivity contribution in [2.75, 3.05) is 32.1 Å². The van der Waals surface area contributed by atoms with Crippen molar-refractivity contribution in [3.63, 3.8) is 0 Å². The number of ether oxygens (including phenoxy) is 1. The summed E-state index contributed by atoms with van der Waals surface area (Å²) in [6.45, 7) is 5.19. The highest BCUT2D eigenvalue weighted by Gasteiger charge is 2.35. The second kappa shape index (κ2) is 8.69. The zero-order valence-corrected chi connectivity index (χ0v) is 15.0. The molecule has 0 aliphatic carbocycles. The molecule has 1 fully saturated rings. The van der Waals surface area contributed by atoms with Crippen molar-refractivity contribution in [3.05, 3.63) is 24.0 Å². The van der Waals surface area contributed by atoms with E-state index in [1.165, 1.54) is 17.0 Å². The normalized spacial score (nSPS) is 17.6. The number of carbonyl (C=O) groups excluding carboxylic acids is 2. The predicted molar refractivity (Wildman–Crippen MR) is 94.2 cm³/mol. The lowest BCUT2D eigenvalue weighted by atomic mass is 10.0. The number of benzene rings is 1. The number of hydrogen-bond donors (Lipinski definition) is 1.